The number of likely N-dealkylation sites (tertiary alicyclic amines) is 2. The summed E-state index contributed by atoms with van der Waals surface area (Å²) >= 11 is 0. The second-order valence-electron chi connectivity index (χ2n) is 7.52. The molecule has 3 rings (SSSR count). The SMILES string of the molecule is CC(C)N1CCC(CN2CCCC3(CNC3)C2)CC1. The van der Waals surface area contributed by atoms with Gasteiger partial charge < -0.3 is 15.1 Å². The Balaban J connectivity index is 1.44. The van der Waals surface area contributed by atoms with Crippen LogP contribution in [-0.4, -0.2) is 61.7 Å². The molecule has 0 aromatic rings. The van der Waals surface area contributed by atoms with E-state index in [4.69, 9.17) is 0 Å². The van der Waals surface area contributed by atoms with Crippen LogP contribution in [-0.2, 0) is 0 Å². The molecule has 3 aliphatic heterocycles. The predicted octanol–water partition coefficient (Wildman–Crippen LogP) is 1.79. The van der Waals surface area contributed by atoms with Crippen LogP contribution < -0.4 is 5.32 Å². The minimum absolute atomic E-state index is 0.664. The third kappa shape index (κ3) is 3.14. The Kier molecular flexibility index (Phi) is 4.16. The fourth-order valence-corrected chi connectivity index (χ4v) is 4.25. The van der Waals surface area contributed by atoms with Gasteiger partial charge in [-0.15, -0.1) is 0 Å². The zero-order valence-electron chi connectivity index (χ0n) is 12.8. The van der Waals surface area contributed by atoms with E-state index in [0.717, 1.165) is 12.0 Å². The zero-order chi connectivity index (χ0) is 13.3. The first-order valence-corrected chi connectivity index (χ1v) is 8.34. The van der Waals surface area contributed by atoms with Crippen molar-refractivity contribution in [2.24, 2.45) is 11.3 Å². The lowest BCUT2D eigenvalue weighted by atomic mass is 9.74. The Bertz CT molecular complexity index is 290. The van der Waals surface area contributed by atoms with Gasteiger partial charge in [0.05, 0.1) is 0 Å². The first-order chi connectivity index (χ1) is 9.17. The van der Waals surface area contributed by atoms with Gasteiger partial charge in [-0.25, -0.2) is 0 Å². The molecular formula is C16H31N3. The number of nitrogens with zero attached hydrogens (tertiary/aromatic N) is 2. The quantitative estimate of drug-likeness (QED) is 0.839. The lowest BCUT2D eigenvalue weighted by Crippen LogP contribution is -2.61. The highest BCUT2D eigenvalue weighted by molar-refractivity contribution is 4.97. The second-order valence-corrected chi connectivity index (χ2v) is 7.52. The molecule has 0 radical (unpaired) electrons. The summed E-state index contributed by atoms with van der Waals surface area (Å²) in [7, 11) is 0. The molecule has 3 heterocycles. The maximum Gasteiger partial charge on any atom is 0.00802 e. The van der Waals surface area contributed by atoms with Crippen molar-refractivity contribution < 1.29 is 0 Å². The first-order valence-electron chi connectivity index (χ1n) is 8.34. The molecule has 0 unspecified atom stereocenters. The molecule has 3 aliphatic rings. The van der Waals surface area contributed by atoms with E-state index in [1.807, 2.05) is 0 Å². The first kappa shape index (κ1) is 13.8. The molecule has 3 saturated heterocycles. The lowest BCUT2D eigenvalue weighted by Gasteiger charge is -2.50. The van der Waals surface area contributed by atoms with Crippen LogP contribution in [0.2, 0.25) is 0 Å². The fraction of sp³-hybridized carbons (Fsp3) is 1.00. The summed E-state index contributed by atoms with van der Waals surface area (Å²) in [6, 6.07) is 0.736. The van der Waals surface area contributed by atoms with Gasteiger partial charge in [0.1, 0.15) is 0 Å². The van der Waals surface area contributed by atoms with Crippen molar-refractivity contribution >= 4 is 0 Å². The summed E-state index contributed by atoms with van der Waals surface area (Å²) in [5.41, 5.74) is 0.664. The topological polar surface area (TPSA) is 18.5 Å². The van der Waals surface area contributed by atoms with Gasteiger partial charge in [0, 0.05) is 37.6 Å². The molecule has 3 nitrogen and oxygen atoms in total. The van der Waals surface area contributed by atoms with Crippen LogP contribution >= 0.6 is 0 Å². The minimum atomic E-state index is 0.664. The number of hydrogen-bond acceptors (Lipinski definition) is 3. The minimum Gasteiger partial charge on any atom is -0.315 e. The second kappa shape index (κ2) is 5.71. The highest BCUT2D eigenvalue weighted by atomic mass is 15.2. The van der Waals surface area contributed by atoms with Gasteiger partial charge in [0.25, 0.3) is 0 Å². The van der Waals surface area contributed by atoms with Gasteiger partial charge in [-0.1, -0.05) is 0 Å². The van der Waals surface area contributed by atoms with Crippen molar-refractivity contribution in [2.45, 2.75) is 45.6 Å². The third-order valence-corrected chi connectivity index (χ3v) is 5.64. The summed E-state index contributed by atoms with van der Waals surface area (Å²) in [6.07, 6.45) is 5.72. The Labute approximate surface area is 118 Å². The molecule has 3 fully saturated rings. The average Bonchev–Trinajstić information content (AvgIpc) is 2.38. The molecule has 19 heavy (non-hydrogen) atoms. The zero-order valence-corrected chi connectivity index (χ0v) is 12.8. The van der Waals surface area contributed by atoms with E-state index >= 15 is 0 Å². The Morgan fingerprint density at radius 3 is 2.47 bits per heavy atom. The van der Waals surface area contributed by atoms with E-state index in [1.165, 1.54) is 71.5 Å². The summed E-state index contributed by atoms with van der Waals surface area (Å²) in [6.45, 7) is 13.9. The van der Waals surface area contributed by atoms with Crippen molar-refractivity contribution in [2.75, 3.05) is 45.8 Å². The van der Waals surface area contributed by atoms with E-state index in [1.54, 1.807) is 0 Å². The summed E-state index contributed by atoms with van der Waals surface area (Å²) in [5.74, 6) is 0.957. The van der Waals surface area contributed by atoms with Crippen LogP contribution in [0.25, 0.3) is 0 Å². The fourth-order valence-electron chi connectivity index (χ4n) is 4.25. The van der Waals surface area contributed by atoms with Crippen LogP contribution in [0.5, 0.6) is 0 Å². The molecule has 0 atom stereocenters. The van der Waals surface area contributed by atoms with Gasteiger partial charge in [-0.3, -0.25) is 0 Å². The largest absolute Gasteiger partial charge is 0.315 e. The van der Waals surface area contributed by atoms with Gasteiger partial charge in [-0.2, -0.15) is 0 Å². The highest BCUT2D eigenvalue weighted by Crippen LogP contribution is 2.34. The molecule has 0 aromatic carbocycles. The molecule has 0 saturated carbocycles. The molecule has 0 aromatic heterocycles. The van der Waals surface area contributed by atoms with E-state index in [9.17, 15) is 0 Å². The molecule has 110 valence electrons. The van der Waals surface area contributed by atoms with Crippen molar-refractivity contribution in [3.8, 4) is 0 Å². The molecule has 0 amide bonds. The Morgan fingerprint density at radius 2 is 1.89 bits per heavy atom. The van der Waals surface area contributed by atoms with Crippen molar-refractivity contribution in [3.63, 3.8) is 0 Å². The molecule has 1 spiro atoms. The maximum atomic E-state index is 3.48. The Morgan fingerprint density at radius 1 is 1.16 bits per heavy atom. The van der Waals surface area contributed by atoms with E-state index in [0.29, 0.717) is 5.41 Å². The number of rotatable bonds is 3. The normalized spacial score (nSPS) is 29.8. The average molecular weight is 265 g/mol. The lowest BCUT2D eigenvalue weighted by molar-refractivity contribution is 0.0250. The van der Waals surface area contributed by atoms with Crippen molar-refractivity contribution in [1.29, 1.82) is 0 Å². The predicted molar refractivity (Wildman–Crippen MR) is 80.4 cm³/mol. The Hall–Kier alpha value is -0.120. The number of nitrogens with one attached hydrogen (secondary N) is 1. The molecular weight excluding hydrogens is 234 g/mol. The van der Waals surface area contributed by atoms with Crippen LogP contribution in [0.3, 0.4) is 0 Å². The maximum absolute atomic E-state index is 3.48. The van der Waals surface area contributed by atoms with Crippen molar-refractivity contribution in [3.05, 3.63) is 0 Å². The molecule has 3 heteroatoms. The molecule has 0 aliphatic carbocycles. The van der Waals surface area contributed by atoms with Crippen LogP contribution in [0.15, 0.2) is 0 Å². The summed E-state index contributed by atoms with van der Waals surface area (Å²) in [5, 5.41) is 3.48. The van der Waals surface area contributed by atoms with E-state index < -0.39 is 0 Å². The van der Waals surface area contributed by atoms with Crippen molar-refractivity contribution in [1.82, 2.24) is 15.1 Å². The molecule has 1 N–H and O–H groups in total. The standard InChI is InChI=1S/C16H31N3/c1-14(2)19-8-4-15(5-9-19)10-18-7-3-6-16(13-18)11-17-12-16/h14-15,17H,3-13H2,1-2H3. The van der Waals surface area contributed by atoms with Gasteiger partial charge in [-0.05, 0) is 65.1 Å². The van der Waals surface area contributed by atoms with Gasteiger partial charge >= 0.3 is 0 Å². The smallest absolute Gasteiger partial charge is 0.00802 e. The van der Waals surface area contributed by atoms with Crippen LogP contribution in [0, 0.1) is 11.3 Å². The number of hydrogen-bond donors (Lipinski definition) is 1. The van der Waals surface area contributed by atoms with Gasteiger partial charge in [0.2, 0.25) is 0 Å². The number of piperidine rings is 2. The van der Waals surface area contributed by atoms with Crippen LogP contribution in [0.1, 0.15) is 39.5 Å². The summed E-state index contributed by atoms with van der Waals surface area (Å²) in [4.78, 5) is 5.42. The van der Waals surface area contributed by atoms with Gasteiger partial charge in [0.15, 0.2) is 0 Å². The third-order valence-electron chi connectivity index (χ3n) is 5.64. The monoisotopic (exact) mass is 265 g/mol. The molecule has 0 bridgehead atoms. The highest BCUT2D eigenvalue weighted by Gasteiger charge is 2.40. The van der Waals surface area contributed by atoms with E-state index in [2.05, 4.69) is 29.0 Å². The summed E-state index contributed by atoms with van der Waals surface area (Å²) < 4.78 is 0. The van der Waals surface area contributed by atoms with Crippen LogP contribution in [0.4, 0.5) is 0 Å². The van der Waals surface area contributed by atoms with E-state index in [-0.39, 0.29) is 0 Å².